The van der Waals surface area contributed by atoms with Crippen LogP contribution in [0.15, 0.2) is 42.5 Å². The van der Waals surface area contributed by atoms with Crippen molar-refractivity contribution in [2.24, 2.45) is 5.73 Å². The van der Waals surface area contributed by atoms with Gasteiger partial charge in [0.05, 0.1) is 0 Å². The molecular formula is C15H15Cl2NO. The van der Waals surface area contributed by atoms with Gasteiger partial charge in [-0.05, 0) is 48.4 Å². The number of nitrogens with two attached hydrogens (primary N) is 1. The molecule has 0 saturated heterocycles. The Balaban J connectivity index is 2.24. The number of halogens is 2. The topological polar surface area (TPSA) is 35.2 Å². The average molecular weight is 296 g/mol. The summed E-state index contributed by atoms with van der Waals surface area (Å²) >= 11 is 11.9. The van der Waals surface area contributed by atoms with Crippen molar-refractivity contribution in [1.82, 2.24) is 0 Å². The molecule has 2 aromatic rings. The van der Waals surface area contributed by atoms with Crippen LogP contribution in [0.5, 0.6) is 5.75 Å². The lowest BCUT2D eigenvalue weighted by Gasteiger charge is -2.19. The smallest absolute Gasteiger partial charge is 0.136 e. The first-order valence-electron chi connectivity index (χ1n) is 5.98. The second-order valence-electron chi connectivity index (χ2n) is 4.31. The standard InChI is InChI=1S/C15H15Cl2NO/c1-10-7-13(17)5-6-14(10)19-15(9-18)11-3-2-4-12(16)8-11/h2-8,15H,9,18H2,1H3. The molecule has 0 aliphatic carbocycles. The molecule has 0 spiro atoms. The summed E-state index contributed by atoms with van der Waals surface area (Å²) in [5.74, 6) is 0.778. The van der Waals surface area contributed by atoms with Gasteiger partial charge in [0.25, 0.3) is 0 Å². The molecule has 2 nitrogen and oxygen atoms in total. The first-order chi connectivity index (χ1) is 9.10. The van der Waals surface area contributed by atoms with Gasteiger partial charge in [-0.25, -0.2) is 0 Å². The van der Waals surface area contributed by atoms with Gasteiger partial charge in [0, 0.05) is 16.6 Å². The maximum Gasteiger partial charge on any atom is 0.136 e. The number of ether oxygens (including phenoxy) is 1. The fourth-order valence-electron chi connectivity index (χ4n) is 1.86. The van der Waals surface area contributed by atoms with E-state index in [1.54, 1.807) is 6.07 Å². The van der Waals surface area contributed by atoms with Crippen LogP contribution in [0.2, 0.25) is 10.0 Å². The first kappa shape index (κ1) is 14.2. The van der Waals surface area contributed by atoms with Gasteiger partial charge in [-0.1, -0.05) is 35.3 Å². The van der Waals surface area contributed by atoms with Gasteiger partial charge in [-0.15, -0.1) is 0 Å². The van der Waals surface area contributed by atoms with Crippen LogP contribution in [-0.4, -0.2) is 6.54 Å². The van der Waals surface area contributed by atoms with Crippen LogP contribution in [0.1, 0.15) is 17.2 Å². The van der Waals surface area contributed by atoms with E-state index in [0.717, 1.165) is 16.9 Å². The zero-order chi connectivity index (χ0) is 13.8. The van der Waals surface area contributed by atoms with Crippen molar-refractivity contribution < 1.29 is 4.74 Å². The summed E-state index contributed by atoms with van der Waals surface area (Å²) in [6.45, 7) is 2.33. The molecule has 0 fully saturated rings. The number of hydrogen-bond donors (Lipinski definition) is 1. The fraction of sp³-hybridized carbons (Fsp3) is 0.200. The Hall–Kier alpha value is -1.22. The molecule has 0 bridgehead atoms. The van der Waals surface area contributed by atoms with E-state index in [1.807, 2.05) is 43.3 Å². The molecule has 2 N–H and O–H groups in total. The molecular weight excluding hydrogens is 281 g/mol. The number of benzene rings is 2. The fourth-order valence-corrected chi connectivity index (χ4v) is 2.28. The Morgan fingerprint density at radius 3 is 2.47 bits per heavy atom. The van der Waals surface area contributed by atoms with Crippen molar-refractivity contribution in [3.8, 4) is 5.75 Å². The van der Waals surface area contributed by atoms with E-state index in [2.05, 4.69) is 0 Å². The molecule has 1 atom stereocenters. The Morgan fingerprint density at radius 2 is 1.84 bits per heavy atom. The van der Waals surface area contributed by atoms with E-state index in [9.17, 15) is 0 Å². The van der Waals surface area contributed by atoms with Crippen LogP contribution < -0.4 is 10.5 Å². The van der Waals surface area contributed by atoms with Crippen molar-refractivity contribution in [3.05, 3.63) is 63.6 Å². The monoisotopic (exact) mass is 295 g/mol. The van der Waals surface area contributed by atoms with Gasteiger partial charge in [0.1, 0.15) is 11.9 Å². The molecule has 2 aromatic carbocycles. The SMILES string of the molecule is Cc1cc(Cl)ccc1OC(CN)c1cccc(Cl)c1. The van der Waals surface area contributed by atoms with Gasteiger partial charge in [0.2, 0.25) is 0 Å². The van der Waals surface area contributed by atoms with Crippen LogP contribution >= 0.6 is 23.2 Å². The molecule has 0 radical (unpaired) electrons. The third kappa shape index (κ3) is 3.63. The highest BCUT2D eigenvalue weighted by Crippen LogP contribution is 2.27. The summed E-state index contributed by atoms with van der Waals surface area (Å²) in [5.41, 5.74) is 7.73. The molecule has 0 saturated carbocycles. The van der Waals surface area contributed by atoms with Crippen LogP contribution in [0.3, 0.4) is 0 Å². The number of rotatable bonds is 4. The summed E-state index contributed by atoms with van der Waals surface area (Å²) in [6, 6.07) is 13.0. The molecule has 0 aliphatic rings. The molecule has 0 aromatic heterocycles. The molecule has 2 rings (SSSR count). The van der Waals surface area contributed by atoms with Crippen LogP contribution in [0.4, 0.5) is 0 Å². The third-order valence-corrected chi connectivity index (χ3v) is 3.31. The first-order valence-corrected chi connectivity index (χ1v) is 6.74. The van der Waals surface area contributed by atoms with Crippen LogP contribution in [0.25, 0.3) is 0 Å². The van der Waals surface area contributed by atoms with Gasteiger partial charge < -0.3 is 10.5 Å². The van der Waals surface area contributed by atoms with Crippen molar-refractivity contribution in [1.29, 1.82) is 0 Å². The van der Waals surface area contributed by atoms with Crippen molar-refractivity contribution in [3.63, 3.8) is 0 Å². The highest BCUT2D eigenvalue weighted by atomic mass is 35.5. The second-order valence-corrected chi connectivity index (χ2v) is 5.18. The summed E-state index contributed by atoms with van der Waals surface area (Å²) in [4.78, 5) is 0. The largest absolute Gasteiger partial charge is 0.484 e. The van der Waals surface area contributed by atoms with Crippen molar-refractivity contribution in [2.75, 3.05) is 6.54 Å². The molecule has 0 heterocycles. The minimum absolute atomic E-state index is 0.224. The maximum absolute atomic E-state index is 5.99. The zero-order valence-corrected chi connectivity index (χ0v) is 12.1. The Morgan fingerprint density at radius 1 is 1.11 bits per heavy atom. The molecule has 0 amide bonds. The minimum atomic E-state index is -0.224. The van der Waals surface area contributed by atoms with Crippen molar-refractivity contribution >= 4 is 23.2 Å². The Labute approximate surface area is 123 Å². The lowest BCUT2D eigenvalue weighted by Crippen LogP contribution is -2.18. The van der Waals surface area contributed by atoms with E-state index >= 15 is 0 Å². The van der Waals surface area contributed by atoms with Crippen molar-refractivity contribution in [2.45, 2.75) is 13.0 Å². The molecule has 1 unspecified atom stereocenters. The van der Waals surface area contributed by atoms with E-state index in [1.165, 1.54) is 0 Å². The normalized spacial score (nSPS) is 12.2. The molecule has 4 heteroatoms. The number of aryl methyl sites for hydroxylation is 1. The highest BCUT2D eigenvalue weighted by Gasteiger charge is 2.13. The Kier molecular flexibility index (Phi) is 4.70. The predicted octanol–water partition coefficient (Wildman–Crippen LogP) is 4.38. The number of hydrogen-bond acceptors (Lipinski definition) is 2. The van der Waals surface area contributed by atoms with Gasteiger partial charge in [-0.2, -0.15) is 0 Å². The summed E-state index contributed by atoms with van der Waals surface area (Å²) in [6.07, 6.45) is -0.224. The average Bonchev–Trinajstić information content (AvgIpc) is 2.38. The van der Waals surface area contributed by atoms with E-state index < -0.39 is 0 Å². The minimum Gasteiger partial charge on any atom is -0.484 e. The van der Waals surface area contributed by atoms with E-state index in [0.29, 0.717) is 16.6 Å². The Bertz CT molecular complexity index is 572. The zero-order valence-electron chi connectivity index (χ0n) is 10.6. The molecule has 19 heavy (non-hydrogen) atoms. The lowest BCUT2D eigenvalue weighted by molar-refractivity contribution is 0.213. The third-order valence-electron chi connectivity index (χ3n) is 2.84. The molecule has 0 aliphatic heterocycles. The summed E-state index contributed by atoms with van der Waals surface area (Å²) < 4.78 is 5.95. The van der Waals surface area contributed by atoms with Crippen LogP contribution in [-0.2, 0) is 0 Å². The second kappa shape index (κ2) is 6.29. The van der Waals surface area contributed by atoms with Gasteiger partial charge in [-0.3, -0.25) is 0 Å². The van der Waals surface area contributed by atoms with Gasteiger partial charge in [0.15, 0.2) is 0 Å². The summed E-state index contributed by atoms with van der Waals surface area (Å²) in [5, 5.41) is 1.37. The summed E-state index contributed by atoms with van der Waals surface area (Å²) in [7, 11) is 0. The van der Waals surface area contributed by atoms with Gasteiger partial charge >= 0.3 is 0 Å². The lowest BCUT2D eigenvalue weighted by atomic mass is 10.1. The van der Waals surface area contributed by atoms with E-state index in [-0.39, 0.29) is 6.10 Å². The highest BCUT2D eigenvalue weighted by molar-refractivity contribution is 6.30. The van der Waals surface area contributed by atoms with E-state index in [4.69, 9.17) is 33.7 Å². The maximum atomic E-state index is 5.99. The quantitative estimate of drug-likeness (QED) is 0.908. The predicted molar refractivity (Wildman–Crippen MR) is 80.1 cm³/mol. The molecule has 100 valence electrons. The van der Waals surface area contributed by atoms with Crippen LogP contribution in [0, 0.1) is 6.92 Å².